The smallest absolute Gasteiger partial charge is 0.410 e. The number of ether oxygens (including phenoxy) is 1. The first-order valence-electron chi connectivity index (χ1n) is 7.03. The summed E-state index contributed by atoms with van der Waals surface area (Å²) >= 11 is 3.18. The molecule has 0 unspecified atom stereocenters. The van der Waals surface area contributed by atoms with Crippen molar-refractivity contribution in [2.24, 2.45) is 0 Å². The Balaban J connectivity index is 1.90. The van der Waals surface area contributed by atoms with Crippen LogP contribution in [0.5, 0.6) is 0 Å². The van der Waals surface area contributed by atoms with E-state index in [4.69, 9.17) is 4.74 Å². The number of aromatic nitrogens is 2. The van der Waals surface area contributed by atoms with E-state index in [-0.39, 0.29) is 12.0 Å². The summed E-state index contributed by atoms with van der Waals surface area (Å²) in [7, 11) is 0. The molecular formula is C14H19BrN4O3. The second-order valence-corrected chi connectivity index (χ2v) is 6.81. The Labute approximate surface area is 137 Å². The van der Waals surface area contributed by atoms with Crippen LogP contribution in [0.2, 0.25) is 0 Å². The third-order valence-corrected chi connectivity index (χ3v) is 3.49. The van der Waals surface area contributed by atoms with E-state index in [1.807, 2.05) is 20.8 Å². The van der Waals surface area contributed by atoms with Crippen LogP contribution < -0.4 is 0 Å². The van der Waals surface area contributed by atoms with Crippen molar-refractivity contribution in [1.82, 2.24) is 20.0 Å². The Morgan fingerprint density at radius 2 is 1.68 bits per heavy atom. The quantitative estimate of drug-likeness (QED) is 0.754. The maximum atomic E-state index is 12.3. The lowest BCUT2D eigenvalue weighted by molar-refractivity contribution is 0.0140. The van der Waals surface area contributed by atoms with Gasteiger partial charge >= 0.3 is 6.09 Å². The lowest BCUT2D eigenvalue weighted by Crippen LogP contribution is -2.51. The van der Waals surface area contributed by atoms with Crippen LogP contribution in [0.4, 0.5) is 4.79 Å². The van der Waals surface area contributed by atoms with Crippen LogP contribution in [0, 0.1) is 0 Å². The molecule has 0 N–H and O–H groups in total. The van der Waals surface area contributed by atoms with Gasteiger partial charge in [-0.2, -0.15) is 0 Å². The summed E-state index contributed by atoms with van der Waals surface area (Å²) in [5.74, 6) is -0.177. The maximum absolute atomic E-state index is 12.3. The molecule has 0 saturated carbocycles. The largest absolute Gasteiger partial charge is 0.444 e. The highest BCUT2D eigenvalue weighted by Crippen LogP contribution is 2.13. The molecule has 0 radical (unpaired) electrons. The Bertz CT molecular complexity index is 548. The monoisotopic (exact) mass is 370 g/mol. The molecule has 1 aromatic rings. The summed E-state index contributed by atoms with van der Waals surface area (Å²) in [5, 5.41) is 7.68. The molecule has 0 atom stereocenters. The topological polar surface area (TPSA) is 75.6 Å². The van der Waals surface area contributed by atoms with Crippen LogP contribution >= 0.6 is 15.9 Å². The van der Waals surface area contributed by atoms with Gasteiger partial charge in [0.05, 0.1) is 0 Å². The minimum absolute atomic E-state index is 0.177. The molecule has 8 heteroatoms. The lowest BCUT2D eigenvalue weighted by atomic mass is 10.2. The fourth-order valence-corrected chi connectivity index (χ4v) is 2.22. The molecule has 0 spiro atoms. The number of halogens is 1. The summed E-state index contributed by atoms with van der Waals surface area (Å²) in [5.41, 5.74) is -0.217. The van der Waals surface area contributed by atoms with E-state index in [1.54, 1.807) is 21.9 Å². The highest BCUT2D eigenvalue weighted by Gasteiger charge is 2.28. The fraction of sp³-hybridized carbons (Fsp3) is 0.571. The molecule has 7 nitrogen and oxygen atoms in total. The van der Waals surface area contributed by atoms with Gasteiger partial charge in [-0.3, -0.25) is 4.79 Å². The van der Waals surface area contributed by atoms with Crippen molar-refractivity contribution in [3.63, 3.8) is 0 Å². The molecule has 22 heavy (non-hydrogen) atoms. The maximum Gasteiger partial charge on any atom is 0.410 e. The van der Waals surface area contributed by atoms with Crippen molar-refractivity contribution in [3.05, 3.63) is 22.4 Å². The third kappa shape index (κ3) is 4.40. The van der Waals surface area contributed by atoms with Gasteiger partial charge in [0.2, 0.25) is 0 Å². The van der Waals surface area contributed by atoms with Gasteiger partial charge in [-0.1, -0.05) is 0 Å². The highest BCUT2D eigenvalue weighted by molar-refractivity contribution is 9.10. The number of rotatable bonds is 1. The number of hydrogen-bond donors (Lipinski definition) is 0. The number of hydrogen-bond acceptors (Lipinski definition) is 5. The van der Waals surface area contributed by atoms with E-state index < -0.39 is 5.60 Å². The molecule has 1 aliphatic heterocycles. The Morgan fingerprint density at radius 1 is 1.09 bits per heavy atom. The predicted molar refractivity (Wildman–Crippen MR) is 83.4 cm³/mol. The molecule has 1 aromatic heterocycles. The number of piperazine rings is 1. The molecule has 1 fully saturated rings. The van der Waals surface area contributed by atoms with E-state index in [9.17, 15) is 9.59 Å². The summed E-state index contributed by atoms with van der Waals surface area (Å²) < 4.78 is 5.91. The van der Waals surface area contributed by atoms with E-state index in [1.165, 1.54) is 0 Å². The second-order valence-electron chi connectivity index (χ2n) is 6.00. The van der Waals surface area contributed by atoms with Crippen molar-refractivity contribution in [1.29, 1.82) is 0 Å². The average Bonchev–Trinajstić information content (AvgIpc) is 2.46. The Kier molecular flexibility index (Phi) is 5.00. The first kappa shape index (κ1) is 16.7. The van der Waals surface area contributed by atoms with Gasteiger partial charge in [-0.05, 0) is 48.8 Å². The normalized spacial score (nSPS) is 15.6. The van der Waals surface area contributed by atoms with Gasteiger partial charge in [-0.15, -0.1) is 10.2 Å². The zero-order valence-corrected chi connectivity index (χ0v) is 14.5. The predicted octanol–water partition coefficient (Wildman–Crippen LogP) is 1.93. The zero-order valence-electron chi connectivity index (χ0n) is 12.9. The van der Waals surface area contributed by atoms with Crippen LogP contribution in [0.3, 0.4) is 0 Å². The molecular weight excluding hydrogens is 352 g/mol. The van der Waals surface area contributed by atoms with Gasteiger partial charge in [0.25, 0.3) is 5.91 Å². The van der Waals surface area contributed by atoms with Crippen LogP contribution in [0.25, 0.3) is 0 Å². The van der Waals surface area contributed by atoms with Crippen molar-refractivity contribution in [3.8, 4) is 0 Å². The second kappa shape index (κ2) is 6.60. The minimum atomic E-state index is -0.517. The first-order chi connectivity index (χ1) is 10.3. The van der Waals surface area contributed by atoms with Gasteiger partial charge in [0.15, 0.2) is 5.69 Å². The van der Waals surface area contributed by atoms with Gasteiger partial charge in [-0.25, -0.2) is 4.79 Å². The van der Waals surface area contributed by atoms with Gasteiger partial charge in [0.1, 0.15) is 10.2 Å². The molecule has 0 aromatic carbocycles. The number of carbonyl (C=O) groups is 2. The molecule has 2 rings (SSSR count). The van der Waals surface area contributed by atoms with E-state index in [2.05, 4.69) is 26.1 Å². The van der Waals surface area contributed by atoms with Crippen molar-refractivity contribution in [2.75, 3.05) is 26.2 Å². The summed E-state index contributed by atoms with van der Waals surface area (Å²) in [4.78, 5) is 27.5. The van der Waals surface area contributed by atoms with Gasteiger partial charge in [0, 0.05) is 26.2 Å². The minimum Gasteiger partial charge on any atom is -0.444 e. The Hall–Kier alpha value is -1.70. The summed E-state index contributed by atoms with van der Waals surface area (Å²) in [6, 6.07) is 3.30. The van der Waals surface area contributed by atoms with Crippen LogP contribution in [0.15, 0.2) is 16.7 Å². The van der Waals surface area contributed by atoms with E-state index >= 15 is 0 Å². The van der Waals surface area contributed by atoms with Crippen LogP contribution in [-0.4, -0.2) is 63.8 Å². The molecule has 120 valence electrons. The fourth-order valence-electron chi connectivity index (χ4n) is 2.01. The molecule has 1 aliphatic rings. The molecule has 1 saturated heterocycles. The average molecular weight is 371 g/mol. The number of carbonyl (C=O) groups excluding carboxylic acids is 2. The van der Waals surface area contributed by atoms with Crippen molar-refractivity contribution < 1.29 is 14.3 Å². The summed E-state index contributed by atoms with van der Waals surface area (Å²) in [6.07, 6.45) is -0.344. The molecule has 2 heterocycles. The van der Waals surface area contributed by atoms with Crippen molar-refractivity contribution in [2.45, 2.75) is 26.4 Å². The van der Waals surface area contributed by atoms with Crippen LogP contribution in [-0.2, 0) is 4.74 Å². The Morgan fingerprint density at radius 3 is 2.18 bits per heavy atom. The van der Waals surface area contributed by atoms with Crippen LogP contribution in [0.1, 0.15) is 31.3 Å². The van der Waals surface area contributed by atoms with E-state index in [0.717, 1.165) is 0 Å². The lowest BCUT2D eigenvalue weighted by Gasteiger charge is -2.35. The number of nitrogens with zero attached hydrogens (tertiary/aromatic N) is 4. The highest BCUT2D eigenvalue weighted by atomic mass is 79.9. The van der Waals surface area contributed by atoms with E-state index in [0.29, 0.717) is 36.5 Å². The molecule has 0 bridgehead atoms. The molecule has 0 aliphatic carbocycles. The third-order valence-electron chi connectivity index (χ3n) is 3.07. The number of amides is 2. The molecule has 2 amide bonds. The standard InChI is InChI=1S/C14H19BrN4O3/c1-14(2,3)22-13(21)19-8-6-18(7-9-19)12(20)10-4-5-11(15)17-16-10/h4-5H,6-9H2,1-3H3. The van der Waals surface area contributed by atoms with Gasteiger partial charge < -0.3 is 14.5 Å². The van der Waals surface area contributed by atoms with Crippen molar-refractivity contribution >= 4 is 27.9 Å². The summed E-state index contributed by atoms with van der Waals surface area (Å²) in [6.45, 7) is 7.30. The zero-order chi connectivity index (χ0) is 16.3. The SMILES string of the molecule is CC(C)(C)OC(=O)N1CCN(C(=O)c2ccc(Br)nn2)CC1. The first-order valence-corrected chi connectivity index (χ1v) is 7.82.